The predicted octanol–water partition coefficient (Wildman–Crippen LogP) is 4.10. The van der Waals surface area contributed by atoms with E-state index in [9.17, 15) is 4.39 Å². The first kappa shape index (κ1) is 14.1. The first-order valence-electron chi connectivity index (χ1n) is 6.25. The molecule has 100 valence electrons. The van der Waals surface area contributed by atoms with E-state index < -0.39 is 0 Å². The van der Waals surface area contributed by atoms with Crippen LogP contribution in [0.25, 0.3) is 0 Å². The molecule has 19 heavy (non-hydrogen) atoms. The summed E-state index contributed by atoms with van der Waals surface area (Å²) >= 11 is 1.69. The smallest absolute Gasteiger partial charge is 0.123 e. The van der Waals surface area contributed by atoms with E-state index in [1.807, 2.05) is 31.4 Å². The van der Waals surface area contributed by atoms with Crippen LogP contribution in [0, 0.1) is 12.7 Å². The number of rotatable bonds is 4. The van der Waals surface area contributed by atoms with Crippen molar-refractivity contribution in [2.45, 2.75) is 24.3 Å². The molecule has 0 saturated heterocycles. The molecule has 2 aromatic carbocycles. The lowest BCUT2D eigenvalue weighted by atomic mass is 9.96. The van der Waals surface area contributed by atoms with Crippen molar-refractivity contribution in [2.24, 2.45) is 5.73 Å². The van der Waals surface area contributed by atoms with Gasteiger partial charge in [-0.05, 0) is 54.5 Å². The molecule has 0 spiro atoms. The van der Waals surface area contributed by atoms with E-state index in [0.717, 1.165) is 16.7 Å². The molecule has 0 radical (unpaired) electrons. The van der Waals surface area contributed by atoms with Crippen LogP contribution in [0.1, 0.15) is 22.7 Å². The molecule has 0 bridgehead atoms. The highest BCUT2D eigenvalue weighted by molar-refractivity contribution is 7.98. The third-order valence-electron chi connectivity index (χ3n) is 3.29. The topological polar surface area (TPSA) is 26.0 Å². The number of halogens is 1. The maximum absolute atomic E-state index is 13.3. The van der Waals surface area contributed by atoms with Crippen molar-refractivity contribution in [3.05, 3.63) is 65.0 Å². The summed E-state index contributed by atoms with van der Waals surface area (Å²) < 4.78 is 13.3. The van der Waals surface area contributed by atoms with Gasteiger partial charge in [-0.15, -0.1) is 11.8 Å². The maximum atomic E-state index is 13.3. The Morgan fingerprint density at radius 2 is 1.95 bits per heavy atom. The van der Waals surface area contributed by atoms with E-state index in [4.69, 9.17) is 5.73 Å². The fourth-order valence-corrected chi connectivity index (χ4v) is 2.85. The van der Waals surface area contributed by atoms with Crippen molar-refractivity contribution in [3.63, 3.8) is 0 Å². The van der Waals surface area contributed by atoms with Crippen LogP contribution in [0.15, 0.2) is 47.4 Å². The second-order valence-electron chi connectivity index (χ2n) is 4.62. The molecule has 0 aliphatic heterocycles. The lowest BCUT2D eigenvalue weighted by molar-refractivity contribution is 0.620. The quantitative estimate of drug-likeness (QED) is 0.850. The van der Waals surface area contributed by atoms with Crippen LogP contribution in [0.5, 0.6) is 0 Å². The van der Waals surface area contributed by atoms with Gasteiger partial charge in [-0.3, -0.25) is 0 Å². The Morgan fingerprint density at radius 1 is 1.21 bits per heavy atom. The zero-order chi connectivity index (χ0) is 13.8. The Kier molecular flexibility index (Phi) is 4.61. The molecule has 0 aromatic heterocycles. The summed E-state index contributed by atoms with van der Waals surface area (Å²) in [7, 11) is 0. The minimum absolute atomic E-state index is 0.107. The molecule has 0 aliphatic carbocycles. The van der Waals surface area contributed by atoms with E-state index in [0.29, 0.717) is 6.42 Å². The molecule has 1 atom stereocenters. The van der Waals surface area contributed by atoms with E-state index >= 15 is 0 Å². The van der Waals surface area contributed by atoms with Gasteiger partial charge in [0.15, 0.2) is 0 Å². The van der Waals surface area contributed by atoms with Crippen molar-refractivity contribution in [2.75, 3.05) is 6.26 Å². The van der Waals surface area contributed by atoms with Gasteiger partial charge in [0.2, 0.25) is 0 Å². The third kappa shape index (κ3) is 3.37. The molecular weight excluding hydrogens is 257 g/mol. The average molecular weight is 275 g/mol. The first-order valence-corrected chi connectivity index (χ1v) is 7.48. The van der Waals surface area contributed by atoms with Crippen LogP contribution in [-0.4, -0.2) is 6.26 Å². The molecule has 0 fully saturated rings. The average Bonchev–Trinajstić information content (AvgIpc) is 2.42. The molecule has 2 aromatic rings. The molecule has 3 heteroatoms. The minimum atomic E-state index is -0.203. The fraction of sp³-hybridized carbons (Fsp3) is 0.250. The van der Waals surface area contributed by atoms with Gasteiger partial charge in [-0.25, -0.2) is 4.39 Å². The van der Waals surface area contributed by atoms with Crippen molar-refractivity contribution in [1.82, 2.24) is 0 Å². The molecule has 2 rings (SSSR count). The standard InChI is InChI=1S/C16H18FNS/c1-11-7-8-13(17)9-12(11)10-15(18)14-5-3-4-6-16(14)19-2/h3-9,15H,10,18H2,1-2H3. The number of hydrogen-bond acceptors (Lipinski definition) is 2. The molecule has 1 nitrogen and oxygen atoms in total. The normalized spacial score (nSPS) is 12.4. The number of benzene rings is 2. The highest BCUT2D eigenvalue weighted by Crippen LogP contribution is 2.27. The van der Waals surface area contributed by atoms with Gasteiger partial charge in [0.1, 0.15) is 5.82 Å². The van der Waals surface area contributed by atoms with Crippen molar-refractivity contribution in [3.8, 4) is 0 Å². The highest BCUT2D eigenvalue weighted by Gasteiger charge is 2.12. The second kappa shape index (κ2) is 6.22. The van der Waals surface area contributed by atoms with Crippen molar-refractivity contribution < 1.29 is 4.39 Å². The lowest BCUT2D eigenvalue weighted by Crippen LogP contribution is -2.15. The second-order valence-corrected chi connectivity index (χ2v) is 5.47. The first-order chi connectivity index (χ1) is 9.11. The largest absolute Gasteiger partial charge is 0.324 e. The summed E-state index contributed by atoms with van der Waals surface area (Å²) in [6, 6.07) is 12.9. The molecule has 0 amide bonds. The molecule has 0 aliphatic rings. The third-order valence-corrected chi connectivity index (χ3v) is 4.10. The number of thioether (sulfide) groups is 1. The van der Waals surface area contributed by atoms with Crippen LogP contribution >= 0.6 is 11.8 Å². The molecule has 2 N–H and O–H groups in total. The predicted molar refractivity (Wildman–Crippen MR) is 80.0 cm³/mol. The number of aryl methyl sites for hydroxylation is 1. The van der Waals surface area contributed by atoms with Gasteiger partial charge in [-0.2, -0.15) is 0 Å². The Balaban J connectivity index is 2.25. The zero-order valence-electron chi connectivity index (χ0n) is 11.2. The summed E-state index contributed by atoms with van der Waals surface area (Å²) in [6.45, 7) is 1.99. The maximum Gasteiger partial charge on any atom is 0.123 e. The molecule has 0 saturated carbocycles. The Bertz CT molecular complexity index is 568. The van der Waals surface area contributed by atoms with Crippen molar-refractivity contribution in [1.29, 1.82) is 0 Å². The lowest BCUT2D eigenvalue weighted by Gasteiger charge is -2.16. The van der Waals surface area contributed by atoms with Gasteiger partial charge in [0, 0.05) is 10.9 Å². The number of nitrogens with two attached hydrogens (primary N) is 1. The van der Waals surface area contributed by atoms with Crippen LogP contribution < -0.4 is 5.73 Å². The number of hydrogen-bond donors (Lipinski definition) is 1. The summed E-state index contributed by atoms with van der Waals surface area (Å²) in [5.41, 5.74) is 9.47. The Hall–Kier alpha value is -1.32. The van der Waals surface area contributed by atoms with Crippen molar-refractivity contribution >= 4 is 11.8 Å². The van der Waals surface area contributed by atoms with Gasteiger partial charge < -0.3 is 5.73 Å². The van der Waals surface area contributed by atoms with Crippen LogP contribution in [0.4, 0.5) is 4.39 Å². The van der Waals surface area contributed by atoms with Crippen LogP contribution in [0.3, 0.4) is 0 Å². The summed E-state index contributed by atoms with van der Waals surface area (Å²) in [5.74, 6) is -0.203. The monoisotopic (exact) mass is 275 g/mol. The minimum Gasteiger partial charge on any atom is -0.324 e. The summed E-state index contributed by atoms with van der Waals surface area (Å²) in [5, 5.41) is 0. The fourth-order valence-electron chi connectivity index (χ4n) is 2.18. The van der Waals surface area contributed by atoms with Gasteiger partial charge in [0.05, 0.1) is 0 Å². The molecule has 0 heterocycles. The van der Waals surface area contributed by atoms with E-state index in [2.05, 4.69) is 6.07 Å². The van der Waals surface area contributed by atoms with E-state index in [-0.39, 0.29) is 11.9 Å². The van der Waals surface area contributed by atoms with Gasteiger partial charge in [0.25, 0.3) is 0 Å². The summed E-state index contributed by atoms with van der Waals surface area (Å²) in [6.07, 6.45) is 2.69. The SMILES string of the molecule is CSc1ccccc1C(N)Cc1cc(F)ccc1C. The van der Waals surface area contributed by atoms with E-state index in [1.165, 1.54) is 11.0 Å². The van der Waals surface area contributed by atoms with Gasteiger partial charge in [-0.1, -0.05) is 24.3 Å². The van der Waals surface area contributed by atoms with Crippen LogP contribution in [-0.2, 0) is 6.42 Å². The van der Waals surface area contributed by atoms with E-state index in [1.54, 1.807) is 23.9 Å². The van der Waals surface area contributed by atoms with Crippen LogP contribution in [0.2, 0.25) is 0 Å². The zero-order valence-corrected chi connectivity index (χ0v) is 12.0. The Morgan fingerprint density at radius 3 is 2.68 bits per heavy atom. The van der Waals surface area contributed by atoms with Gasteiger partial charge >= 0.3 is 0 Å². The molecular formula is C16H18FNS. The highest BCUT2D eigenvalue weighted by atomic mass is 32.2. The summed E-state index contributed by atoms with van der Waals surface area (Å²) in [4.78, 5) is 1.18. The Labute approximate surface area is 118 Å². The molecule has 1 unspecified atom stereocenters.